The van der Waals surface area contributed by atoms with Gasteiger partial charge in [0, 0.05) is 0 Å². The van der Waals surface area contributed by atoms with Gasteiger partial charge in [-0.1, -0.05) is 0 Å². The van der Waals surface area contributed by atoms with Crippen LogP contribution in [0.25, 0.3) is 0 Å². The fourth-order valence-corrected chi connectivity index (χ4v) is 1.66. The normalized spacial score (nSPS) is 10.9. The molecular formula is C10H12NO4S-. The van der Waals surface area contributed by atoms with Crippen LogP contribution in [0.1, 0.15) is 30.4 Å². The van der Waals surface area contributed by atoms with E-state index < -0.39 is 17.7 Å². The fourth-order valence-electron chi connectivity index (χ4n) is 0.979. The lowest BCUT2D eigenvalue weighted by Crippen LogP contribution is -2.28. The molecule has 0 fully saturated rings. The first kappa shape index (κ1) is 12.5. The third kappa shape index (κ3) is 3.54. The molecule has 5 nitrogen and oxygen atoms in total. The second-order valence-electron chi connectivity index (χ2n) is 4.08. The van der Waals surface area contributed by atoms with E-state index in [9.17, 15) is 14.7 Å². The van der Waals surface area contributed by atoms with E-state index in [-0.39, 0.29) is 10.6 Å². The summed E-state index contributed by atoms with van der Waals surface area (Å²) >= 11 is 0.985. The molecule has 0 saturated carbocycles. The van der Waals surface area contributed by atoms with E-state index in [1.807, 2.05) is 0 Å². The largest absolute Gasteiger partial charge is 0.544 e. The number of aromatic carboxylic acids is 1. The van der Waals surface area contributed by atoms with Gasteiger partial charge in [0.15, 0.2) is 0 Å². The first-order chi connectivity index (χ1) is 7.29. The van der Waals surface area contributed by atoms with Crippen LogP contribution in [0.5, 0.6) is 0 Å². The van der Waals surface area contributed by atoms with Gasteiger partial charge in [-0.2, -0.15) is 0 Å². The summed E-state index contributed by atoms with van der Waals surface area (Å²) < 4.78 is 4.99. The van der Waals surface area contributed by atoms with Crippen LogP contribution in [-0.2, 0) is 4.74 Å². The summed E-state index contributed by atoms with van der Waals surface area (Å²) in [7, 11) is 0. The smallest absolute Gasteiger partial charge is 0.412 e. The topological polar surface area (TPSA) is 78.5 Å². The Kier molecular flexibility index (Phi) is 3.54. The molecule has 6 heteroatoms. The highest BCUT2D eigenvalue weighted by Gasteiger charge is 2.17. The quantitative estimate of drug-likeness (QED) is 0.851. The van der Waals surface area contributed by atoms with Crippen LogP contribution < -0.4 is 10.4 Å². The van der Waals surface area contributed by atoms with Crippen LogP contribution in [-0.4, -0.2) is 17.7 Å². The van der Waals surface area contributed by atoms with Crippen molar-refractivity contribution in [3.05, 3.63) is 16.3 Å². The number of carbonyl (C=O) groups is 2. The number of carboxylic acid groups (broad SMARTS) is 1. The van der Waals surface area contributed by atoms with E-state index >= 15 is 0 Å². The highest BCUT2D eigenvalue weighted by Crippen LogP contribution is 2.22. The second-order valence-corrected chi connectivity index (χ2v) is 4.99. The molecular weight excluding hydrogens is 230 g/mol. The Bertz CT molecular complexity index is 405. The van der Waals surface area contributed by atoms with E-state index in [0.717, 1.165) is 11.3 Å². The summed E-state index contributed by atoms with van der Waals surface area (Å²) in [6.45, 7) is 5.17. The number of carbonyl (C=O) groups excluding carboxylic acids is 2. The number of nitrogens with one attached hydrogen (secondary N) is 1. The van der Waals surface area contributed by atoms with Crippen molar-refractivity contribution in [3.8, 4) is 0 Å². The maximum absolute atomic E-state index is 11.4. The van der Waals surface area contributed by atoms with E-state index in [1.54, 1.807) is 26.2 Å². The molecule has 1 aromatic heterocycles. The monoisotopic (exact) mass is 242 g/mol. The lowest BCUT2D eigenvalue weighted by molar-refractivity contribution is -0.254. The summed E-state index contributed by atoms with van der Waals surface area (Å²) in [6, 6.07) is 1.49. The standard InChI is InChI=1S/C10H13NO4S/c1-10(2,3)15-9(14)11-6-4-5-16-7(6)8(12)13/h4-5H,1-3H3,(H,11,14)(H,12,13)/p-1. The summed E-state index contributed by atoms with van der Waals surface area (Å²) in [5, 5.41) is 14.6. The summed E-state index contributed by atoms with van der Waals surface area (Å²) in [4.78, 5) is 22.0. The first-order valence-electron chi connectivity index (χ1n) is 4.58. The van der Waals surface area contributed by atoms with Gasteiger partial charge in [0.2, 0.25) is 0 Å². The maximum Gasteiger partial charge on any atom is 0.412 e. The zero-order valence-electron chi connectivity index (χ0n) is 9.20. The SMILES string of the molecule is CC(C)(C)OC(=O)Nc1ccsc1C(=O)[O-]. The van der Waals surface area contributed by atoms with Crippen molar-refractivity contribution in [2.24, 2.45) is 0 Å². The Hall–Kier alpha value is -1.56. The molecule has 88 valence electrons. The Morgan fingerprint density at radius 2 is 2.06 bits per heavy atom. The Balaban J connectivity index is 2.70. The minimum atomic E-state index is -1.32. The first-order valence-corrected chi connectivity index (χ1v) is 5.46. The zero-order valence-corrected chi connectivity index (χ0v) is 10.0. The molecule has 1 rings (SSSR count). The molecule has 16 heavy (non-hydrogen) atoms. The summed E-state index contributed by atoms with van der Waals surface area (Å²) in [5.41, 5.74) is -0.430. The fraction of sp³-hybridized carbons (Fsp3) is 0.400. The minimum Gasteiger partial charge on any atom is -0.544 e. The number of anilines is 1. The highest BCUT2D eigenvalue weighted by molar-refractivity contribution is 7.12. The maximum atomic E-state index is 11.4. The number of thiophene rings is 1. The molecule has 0 atom stereocenters. The van der Waals surface area contributed by atoms with Crippen molar-refractivity contribution in [1.29, 1.82) is 0 Å². The van der Waals surface area contributed by atoms with Crippen molar-refractivity contribution in [2.45, 2.75) is 26.4 Å². The van der Waals surface area contributed by atoms with Crippen LogP contribution >= 0.6 is 11.3 Å². The van der Waals surface area contributed by atoms with Crippen molar-refractivity contribution in [1.82, 2.24) is 0 Å². The van der Waals surface area contributed by atoms with E-state index in [2.05, 4.69) is 5.32 Å². The molecule has 1 heterocycles. The zero-order chi connectivity index (χ0) is 12.3. The van der Waals surface area contributed by atoms with E-state index in [0.29, 0.717) is 0 Å². The van der Waals surface area contributed by atoms with Gasteiger partial charge < -0.3 is 14.6 Å². The number of hydrogen-bond donors (Lipinski definition) is 1. The van der Waals surface area contributed by atoms with Gasteiger partial charge >= 0.3 is 6.09 Å². The number of ether oxygens (including phenoxy) is 1. The Labute approximate surface area is 97.0 Å². The second kappa shape index (κ2) is 4.52. The van der Waals surface area contributed by atoms with Crippen LogP contribution in [0, 0.1) is 0 Å². The Morgan fingerprint density at radius 3 is 2.56 bits per heavy atom. The van der Waals surface area contributed by atoms with Crippen molar-refractivity contribution >= 4 is 29.1 Å². The molecule has 0 unspecified atom stereocenters. The lowest BCUT2D eigenvalue weighted by Gasteiger charge is -2.19. The molecule has 0 aromatic carbocycles. The average molecular weight is 242 g/mol. The molecule has 0 spiro atoms. The van der Waals surface area contributed by atoms with Gasteiger partial charge in [-0.25, -0.2) is 4.79 Å². The van der Waals surface area contributed by atoms with Crippen molar-refractivity contribution < 1.29 is 19.4 Å². The third-order valence-electron chi connectivity index (χ3n) is 1.49. The van der Waals surface area contributed by atoms with Crippen LogP contribution in [0.3, 0.4) is 0 Å². The highest BCUT2D eigenvalue weighted by atomic mass is 32.1. The van der Waals surface area contributed by atoms with Crippen LogP contribution in [0.4, 0.5) is 10.5 Å². The van der Waals surface area contributed by atoms with Crippen molar-refractivity contribution in [2.75, 3.05) is 5.32 Å². The van der Waals surface area contributed by atoms with Gasteiger partial charge in [-0.15, -0.1) is 11.3 Å². The number of amides is 1. The lowest BCUT2D eigenvalue weighted by atomic mass is 10.2. The number of hydrogen-bond acceptors (Lipinski definition) is 5. The average Bonchev–Trinajstić information content (AvgIpc) is 2.47. The van der Waals surface area contributed by atoms with Gasteiger partial charge in [0.05, 0.1) is 16.5 Å². The molecule has 0 bridgehead atoms. The molecule has 0 saturated heterocycles. The van der Waals surface area contributed by atoms with Crippen LogP contribution in [0.2, 0.25) is 0 Å². The summed E-state index contributed by atoms with van der Waals surface area (Å²) in [6.07, 6.45) is -0.687. The predicted octanol–water partition coefficient (Wildman–Crippen LogP) is 1.46. The Morgan fingerprint density at radius 1 is 1.44 bits per heavy atom. The molecule has 1 amide bonds. The van der Waals surface area contributed by atoms with Gasteiger partial charge in [-0.3, -0.25) is 5.32 Å². The third-order valence-corrected chi connectivity index (χ3v) is 2.38. The van der Waals surface area contributed by atoms with E-state index in [4.69, 9.17) is 4.74 Å². The van der Waals surface area contributed by atoms with Crippen molar-refractivity contribution in [3.63, 3.8) is 0 Å². The van der Waals surface area contributed by atoms with Crippen LogP contribution in [0.15, 0.2) is 11.4 Å². The van der Waals surface area contributed by atoms with Gasteiger partial charge in [0.1, 0.15) is 5.60 Å². The molecule has 0 aliphatic heterocycles. The minimum absolute atomic E-state index is 0.0224. The number of carboxylic acids is 1. The van der Waals surface area contributed by atoms with Gasteiger partial charge in [-0.05, 0) is 32.2 Å². The number of rotatable bonds is 2. The molecule has 0 aliphatic rings. The molecule has 1 N–H and O–H groups in total. The molecule has 0 radical (unpaired) electrons. The predicted molar refractivity (Wildman–Crippen MR) is 58.5 cm³/mol. The molecule has 0 aliphatic carbocycles. The van der Waals surface area contributed by atoms with Gasteiger partial charge in [0.25, 0.3) is 0 Å². The molecule has 1 aromatic rings. The summed E-state index contributed by atoms with van der Waals surface area (Å²) in [5.74, 6) is -1.32. The van der Waals surface area contributed by atoms with E-state index in [1.165, 1.54) is 6.07 Å².